The molecule has 0 atom stereocenters. The molecule has 0 fully saturated rings. The Labute approximate surface area is 180 Å². The van der Waals surface area contributed by atoms with Crippen molar-refractivity contribution < 1.29 is 14.3 Å². The van der Waals surface area contributed by atoms with Crippen molar-refractivity contribution in [2.75, 3.05) is 6.61 Å². The summed E-state index contributed by atoms with van der Waals surface area (Å²) in [5.74, 6) is 0.228. The third-order valence-corrected chi connectivity index (χ3v) is 5.64. The molecule has 0 saturated heterocycles. The molecular weight excluding hydrogens is 372 g/mol. The molecule has 2 aromatic carbocycles. The fourth-order valence-corrected chi connectivity index (χ4v) is 3.95. The van der Waals surface area contributed by atoms with E-state index in [1.54, 1.807) is 42.5 Å². The van der Waals surface area contributed by atoms with Gasteiger partial charge in [-0.25, -0.2) is 0 Å². The van der Waals surface area contributed by atoms with Gasteiger partial charge in [0.1, 0.15) is 12.4 Å². The van der Waals surface area contributed by atoms with E-state index in [1.807, 2.05) is 6.08 Å². The molecule has 0 bridgehead atoms. The number of fused-ring (bicyclic) bond motifs is 2. The van der Waals surface area contributed by atoms with E-state index < -0.39 is 0 Å². The van der Waals surface area contributed by atoms with E-state index in [9.17, 15) is 9.59 Å². The Morgan fingerprint density at radius 3 is 2.07 bits per heavy atom. The second-order valence-corrected chi connectivity index (χ2v) is 7.93. The molecule has 0 aromatic heterocycles. The van der Waals surface area contributed by atoms with Crippen molar-refractivity contribution in [2.45, 2.75) is 64.7 Å². The van der Waals surface area contributed by atoms with Gasteiger partial charge < -0.3 is 4.74 Å². The molecule has 0 radical (unpaired) electrons. The van der Waals surface area contributed by atoms with Crippen LogP contribution in [0.4, 0.5) is 0 Å². The van der Waals surface area contributed by atoms with Crippen molar-refractivity contribution in [3.8, 4) is 5.75 Å². The van der Waals surface area contributed by atoms with Crippen LogP contribution in [-0.2, 0) is 0 Å². The zero-order valence-electron chi connectivity index (χ0n) is 18.0. The highest BCUT2D eigenvalue weighted by molar-refractivity contribution is 6.29. The van der Waals surface area contributed by atoms with Gasteiger partial charge in [0.2, 0.25) is 0 Å². The second-order valence-electron chi connectivity index (χ2n) is 7.93. The number of ketones is 2. The third kappa shape index (κ3) is 5.47. The van der Waals surface area contributed by atoms with Crippen molar-refractivity contribution in [3.63, 3.8) is 0 Å². The first-order valence-electron chi connectivity index (χ1n) is 11.3. The first kappa shape index (κ1) is 22.0. The number of carbonyl (C=O) groups excluding carboxylic acids is 2. The molecule has 158 valence electrons. The minimum atomic E-state index is -0.140. The summed E-state index contributed by atoms with van der Waals surface area (Å²) in [5.41, 5.74) is 1.74. The second kappa shape index (κ2) is 11.5. The van der Waals surface area contributed by atoms with E-state index in [2.05, 4.69) is 13.0 Å². The molecule has 0 spiro atoms. The summed E-state index contributed by atoms with van der Waals surface area (Å²) >= 11 is 0. The van der Waals surface area contributed by atoms with Gasteiger partial charge in [-0.3, -0.25) is 9.59 Å². The van der Waals surface area contributed by atoms with Crippen molar-refractivity contribution in [1.29, 1.82) is 0 Å². The lowest BCUT2D eigenvalue weighted by molar-refractivity contribution is 0.0976. The predicted octanol–water partition coefficient (Wildman–Crippen LogP) is 6.93. The molecule has 0 unspecified atom stereocenters. The minimum absolute atomic E-state index is 0.115. The van der Waals surface area contributed by atoms with Gasteiger partial charge in [-0.2, -0.15) is 0 Å². The molecule has 0 aliphatic heterocycles. The molecule has 1 aliphatic carbocycles. The van der Waals surface area contributed by atoms with Crippen LogP contribution in [0.1, 0.15) is 96.6 Å². The van der Waals surface area contributed by atoms with Crippen LogP contribution < -0.4 is 4.74 Å². The lowest BCUT2D eigenvalue weighted by atomic mass is 9.83. The van der Waals surface area contributed by atoms with Gasteiger partial charge in [0.15, 0.2) is 11.6 Å². The third-order valence-electron chi connectivity index (χ3n) is 5.64. The molecule has 3 nitrogen and oxygen atoms in total. The number of hydrogen-bond acceptors (Lipinski definition) is 3. The molecule has 3 rings (SSSR count). The monoisotopic (exact) mass is 404 g/mol. The minimum Gasteiger partial charge on any atom is -0.489 e. The fourth-order valence-electron chi connectivity index (χ4n) is 3.95. The molecule has 3 heteroatoms. The first-order chi connectivity index (χ1) is 14.7. The average Bonchev–Trinajstić information content (AvgIpc) is 2.78. The van der Waals surface area contributed by atoms with Crippen molar-refractivity contribution in [3.05, 3.63) is 76.9 Å². The highest BCUT2D eigenvalue weighted by Gasteiger charge is 2.31. The van der Waals surface area contributed by atoms with Crippen LogP contribution in [0.2, 0.25) is 0 Å². The van der Waals surface area contributed by atoms with Crippen LogP contribution in [0, 0.1) is 0 Å². The summed E-state index contributed by atoms with van der Waals surface area (Å²) in [5, 5.41) is 0. The van der Waals surface area contributed by atoms with Gasteiger partial charge in [0.05, 0.1) is 5.56 Å². The molecular formula is C27H32O3. The molecule has 2 aromatic rings. The number of ether oxygens (including phenoxy) is 1. The Kier molecular flexibility index (Phi) is 8.43. The van der Waals surface area contributed by atoms with Crippen LogP contribution >= 0.6 is 0 Å². The van der Waals surface area contributed by atoms with Crippen molar-refractivity contribution in [2.24, 2.45) is 0 Å². The molecule has 30 heavy (non-hydrogen) atoms. The van der Waals surface area contributed by atoms with E-state index in [0.717, 1.165) is 6.42 Å². The number of carbonyl (C=O) groups is 2. The summed E-state index contributed by atoms with van der Waals surface area (Å²) in [6.07, 6.45) is 15.8. The quantitative estimate of drug-likeness (QED) is 0.243. The Bertz CT molecular complexity index is 895. The Balaban J connectivity index is 1.47. The lowest BCUT2D eigenvalue weighted by Crippen LogP contribution is -2.21. The summed E-state index contributed by atoms with van der Waals surface area (Å²) in [7, 11) is 0. The van der Waals surface area contributed by atoms with Gasteiger partial charge in [-0.05, 0) is 18.9 Å². The molecule has 1 aliphatic rings. The Morgan fingerprint density at radius 1 is 0.700 bits per heavy atom. The van der Waals surface area contributed by atoms with Gasteiger partial charge in [-0.15, -0.1) is 0 Å². The van der Waals surface area contributed by atoms with Crippen LogP contribution in [0.3, 0.4) is 0 Å². The number of hydrogen-bond donors (Lipinski definition) is 0. The SMILES string of the molecule is CCCCCCCCCC/C=C/COc1cccc2c1C(=O)c1ccccc1C2=O. The van der Waals surface area contributed by atoms with E-state index >= 15 is 0 Å². The van der Waals surface area contributed by atoms with Gasteiger partial charge in [-0.1, -0.05) is 100 Å². The average molecular weight is 405 g/mol. The van der Waals surface area contributed by atoms with Gasteiger partial charge in [0, 0.05) is 16.7 Å². The Hall–Kier alpha value is -2.68. The fraction of sp³-hybridized carbons (Fsp3) is 0.407. The van der Waals surface area contributed by atoms with Crippen LogP contribution in [-0.4, -0.2) is 18.2 Å². The summed E-state index contributed by atoms with van der Waals surface area (Å²) in [6.45, 7) is 2.65. The van der Waals surface area contributed by atoms with Crippen molar-refractivity contribution >= 4 is 11.6 Å². The van der Waals surface area contributed by atoms with Crippen LogP contribution in [0.5, 0.6) is 5.75 Å². The number of allylic oxidation sites excluding steroid dienone is 1. The summed E-state index contributed by atoms with van der Waals surface area (Å²) in [4.78, 5) is 25.7. The summed E-state index contributed by atoms with van der Waals surface area (Å²) < 4.78 is 5.86. The zero-order valence-corrected chi connectivity index (χ0v) is 18.0. The molecule has 0 heterocycles. The standard InChI is InChI=1S/C27H32O3/c1-2-3-4-5-6-7-8-9-10-11-14-20-30-24-19-15-18-23-25(24)27(29)22-17-13-12-16-21(22)26(23)28/h11-19H,2-10,20H2,1H3/b14-11+. The maximum atomic E-state index is 12.9. The normalized spacial score (nSPS) is 12.8. The molecule has 0 N–H and O–H groups in total. The zero-order chi connectivity index (χ0) is 21.2. The van der Waals surface area contributed by atoms with E-state index in [0.29, 0.717) is 34.6 Å². The molecule has 0 amide bonds. The molecule has 0 saturated carbocycles. The van der Waals surface area contributed by atoms with Crippen molar-refractivity contribution in [1.82, 2.24) is 0 Å². The van der Waals surface area contributed by atoms with Gasteiger partial charge in [0.25, 0.3) is 0 Å². The summed E-state index contributed by atoms with van der Waals surface area (Å²) in [6, 6.07) is 12.2. The van der Waals surface area contributed by atoms with E-state index in [4.69, 9.17) is 4.74 Å². The van der Waals surface area contributed by atoms with Gasteiger partial charge >= 0.3 is 0 Å². The number of unbranched alkanes of at least 4 members (excludes halogenated alkanes) is 8. The number of benzene rings is 2. The topological polar surface area (TPSA) is 43.4 Å². The Morgan fingerprint density at radius 2 is 1.33 bits per heavy atom. The first-order valence-corrected chi connectivity index (χ1v) is 11.3. The van der Waals surface area contributed by atoms with Crippen LogP contribution in [0.15, 0.2) is 54.6 Å². The largest absolute Gasteiger partial charge is 0.489 e. The highest BCUT2D eigenvalue weighted by Crippen LogP contribution is 2.33. The van der Waals surface area contributed by atoms with E-state index in [-0.39, 0.29) is 11.6 Å². The number of rotatable bonds is 12. The smallest absolute Gasteiger partial charge is 0.198 e. The lowest BCUT2D eigenvalue weighted by Gasteiger charge is -2.19. The maximum Gasteiger partial charge on any atom is 0.198 e. The van der Waals surface area contributed by atoms with E-state index in [1.165, 1.54) is 51.4 Å². The highest BCUT2D eigenvalue weighted by atomic mass is 16.5. The van der Waals surface area contributed by atoms with Crippen LogP contribution in [0.25, 0.3) is 0 Å². The maximum absolute atomic E-state index is 12.9. The predicted molar refractivity (Wildman–Crippen MR) is 122 cm³/mol.